The summed E-state index contributed by atoms with van der Waals surface area (Å²) in [5.74, 6) is -0.612. The number of thiophene rings is 1. The Bertz CT molecular complexity index is 1240. The van der Waals surface area contributed by atoms with Gasteiger partial charge in [0.05, 0.1) is 21.4 Å². The van der Waals surface area contributed by atoms with Crippen LogP contribution in [0.5, 0.6) is 0 Å². The number of nitrogens with zero attached hydrogens (tertiary/aromatic N) is 1. The number of quaternary nitrogens is 1. The number of anilines is 1. The quantitative estimate of drug-likeness (QED) is 0.680. The van der Waals surface area contributed by atoms with Gasteiger partial charge >= 0.3 is 0 Å². The fourth-order valence-corrected chi connectivity index (χ4v) is 5.53. The van der Waals surface area contributed by atoms with E-state index in [0.717, 1.165) is 16.9 Å². The number of nitriles is 1. The van der Waals surface area contributed by atoms with Gasteiger partial charge in [-0.15, -0.1) is 11.3 Å². The molecule has 1 aromatic carbocycles. The molecule has 0 fully saturated rings. The van der Waals surface area contributed by atoms with Gasteiger partial charge in [0.15, 0.2) is 11.2 Å². The summed E-state index contributed by atoms with van der Waals surface area (Å²) in [6.45, 7) is 8.55. The lowest BCUT2D eigenvalue weighted by Gasteiger charge is -2.38. The Morgan fingerprint density at radius 1 is 1.28 bits per heavy atom. The zero-order valence-corrected chi connectivity index (χ0v) is 17.6. The average molecular weight is 409 g/mol. The van der Waals surface area contributed by atoms with Crippen molar-refractivity contribution < 1.29 is 14.5 Å². The van der Waals surface area contributed by atoms with E-state index in [2.05, 4.69) is 44.4 Å². The maximum absolute atomic E-state index is 12.8. The molecule has 1 amide bonds. The first kappa shape index (κ1) is 19.4. The molecule has 0 bridgehead atoms. The van der Waals surface area contributed by atoms with E-state index in [1.165, 1.54) is 17.4 Å². The summed E-state index contributed by atoms with van der Waals surface area (Å²) < 4.78 is 5.63. The van der Waals surface area contributed by atoms with Crippen molar-refractivity contribution in [1.29, 1.82) is 5.26 Å². The smallest absolute Gasteiger partial charge is 0.292 e. The third-order valence-electron chi connectivity index (χ3n) is 5.17. The SMILES string of the molecule is CC1(C)Cc2c(sc(NC(=O)c3cc(=O)c4ccccc4o3)c2C#N)C(C)(C)[NH2+]1. The van der Waals surface area contributed by atoms with Gasteiger partial charge in [-0.3, -0.25) is 9.59 Å². The van der Waals surface area contributed by atoms with Crippen LogP contribution in [0.3, 0.4) is 0 Å². The van der Waals surface area contributed by atoms with E-state index in [4.69, 9.17) is 4.42 Å². The predicted octanol–water partition coefficient (Wildman–Crippen LogP) is 3.11. The van der Waals surface area contributed by atoms with Gasteiger partial charge in [-0.25, -0.2) is 0 Å². The van der Waals surface area contributed by atoms with Crippen LogP contribution in [0.25, 0.3) is 11.0 Å². The highest BCUT2D eigenvalue weighted by molar-refractivity contribution is 7.16. The predicted molar refractivity (Wildman–Crippen MR) is 112 cm³/mol. The van der Waals surface area contributed by atoms with Crippen LogP contribution in [0, 0.1) is 11.3 Å². The van der Waals surface area contributed by atoms with Gasteiger partial charge in [0.2, 0.25) is 0 Å². The Balaban J connectivity index is 1.74. The first-order valence-electron chi connectivity index (χ1n) is 9.39. The second-order valence-corrected chi connectivity index (χ2v) is 9.70. The van der Waals surface area contributed by atoms with Crippen molar-refractivity contribution in [2.24, 2.45) is 0 Å². The fraction of sp³-hybridized carbons (Fsp3) is 0.318. The molecule has 6 nitrogen and oxygen atoms in total. The van der Waals surface area contributed by atoms with Crippen LogP contribution in [0.4, 0.5) is 5.00 Å². The third kappa shape index (κ3) is 3.35. The lowest BCUT2D eigenvalue weighted by Crippen LogP contribution is -3.03. The molecule has 4 rings (SSSR count). The fourth-order valence-electron chi connectivity index (χ4n) is 4.29. The maximum Gasteiger partial charge on any atom is 0.292 e. The minimum atomic E-state index is -0.538. The van der Waals surface area contributed by atoms with Gasteiger partial charge in [0, 0.05) is 12.5 Å². The molecule has 2 aromatic heterocycles. The first-order chi connectivity index (χ1) is 13.6. The number of rotatable bonds is 2. The third-order valence-corrected chi connectivity index (χ3v) is 6.66. The van der Waals surface area contributed by atoms with Crippen molar-refractivity contribution >= 4 is 33.2 Å². The van der Waals surface area contributed by atoms with Crippen molar-refractivity contribution in [2.75, 3.05) is 5.32 Å². The van der Waals surface area contributed by atoms with Gasteiger partial charge in [-0.05, 0) is 45.4 Å². The van der Waals surface area contributed by atoms with E-state index >= 15 is 0 Å². The Hall–Kier alpha value is -2.95. The summed E-state index contributed by atoms with van der Waals surface area (Å²) in [6, 6.07) is 10.3. The van der Waals surface area contributed by atoms with Gasteiger partial charge in [-0.1, -0.05) is 12.1 Å². The summed E-state index contributed by atoms with van der Waals surface area (Å²) >= 11 is 1.42. The number of benzene rings is 1. The molecule has 1 aliphatic rings. The number of fused-ring (bicyclic) bond motifs is 2. The molecule has 0 spiro atoms. The number of para-hydroxylation sites is 1. The Labute approximate surface area is 172 Å². The van der Waals surface area contributed by atoms with Crippen LogP contribution in [-0.2, 0) is 12.0 Å². The second-order valence-electron chi connectivity index (χ2n) is 8.68. The topological polar surface area (TPSA) is 99.7 Å². The molecular weight excluding hydrogens is 386 g/mol. The standard InChI is InChI=1S/C22H21N3O3S/c1-21(2)10-13-14(11-23)20(29-18(13)22(3,4)25-21)24-19(27)17-9-15(26)12-7-5-6-8-16(12)28-17/h5-9,25H,10H2,1-4H3,(H,24,27)/p+1. The summed E-state index contributed by atoms with van der Waals surface area (Å²) in [5.41, 5.74) is 1.32. The van der Waals surface area contributed by atoms with Gasteiger partial charge in [-0.2, -0.15) is 5.26 Å². The van der Waals surface area contributed by atoms with Crippen molar-refractivity contribution in [3.63, 3.8) is 0 Å². The first-order valence-corrected chi connectivity index (χ1v) is 10.2. The molecule has 0 saturated heterocycles. The lowest BCUT2D eigenvalue weighted by atomic mass is 9.81. The zero-order chi connectivity index (χ0) is 21.0. The van der Waals surface area contributed by atoms with E-state index in [9.17, 15) is 14.9 Å². The lowest BCUT2D eigenvalue weighted by molar-refractivity contribution is -0.789. The number of carbonyl (C=O) groups excluding carboxylic acids is 1. The monoisotopic (exact) mass is 408 g/mol. The molecule has 3 heterocycles. The number of nitrogens with two attached hydrogens (primary N) is 1. The van der Waals surface area contributed by atoms with Crippen LogP contribution >= 0.6 is 11.3 Å². The summed E-state index contributed by atoms with van der Waals surface area (Å²) in [5, 5.41) is 15.8. The summed E-state index contributed by atoms with van der Waals surface area (Å²) in [4.78, 5) is 26.2. The number of hydrogen-bond acceptors (Lipinski definition) is 5. The molecule has 0 aliphatic carbocycles. The molecule has 3 N–H and O–H groups in total. The minimum absolute atomic E-state index is 0.0460. The normalized spacial score (nSPS) is 16.8. The minimum Gasteiger partial charge on any atom is -0.451 e. The number of hydrogen-bond donors (Lipinski definition) is 2. The molecule has 7 heteroatoms. The highest BCUT2D eigenvalue weighted by Gasteiger charge is 2.44. The van der Waals surface area contributed by atoms with Crippen molar-refractivity contribution in [3.8, 4) is 6.07 Å². The Morgan fingerprint density at radius 2 is 2.00 bits per heavy atom. The second kappa shape index (κ2) is 6.55. The molecular formula is C22H22N3O3S+. The molecule has 0 atom stereocenters. The number of nitrogens with one attached hydrogen (secondary N) is 1. The summed E-state index contributed by atoms with van der Waals surface area (Å²) in [6.07, 6.45) is 0.742. The van der Waals surface area contributed by atoms with Crippen molar-refractivity contribution in [2.45, 2.75) is 45.2 Å². The van der Waals surface area contributed by atoms with Crippen molar-refractivity contribution in [3.05, 3.63) is 62.3 Å². The Morgan fingerprint density at radius 3 is 2.72 bits per heavy atom. The average Bonchev–Trinajstić information content (AvgIpc) is 2.97. The molecule has 3 aromatic rings. The van der Waals surface area contributed by atoms with E-state index in [0.29, 0.717) is 21.5 Å². The van der Waals surface area contributed by atoms with Gasteiger partial charge < -0.3 is 15.1 Å². The Kier molecular flexibility index (Phi) is 4.37. The van der Waals surface area contributed by atoms with Gasteiger partial charge in [0.25, 0.3) is 5.91 Å². The number of amides is 1. The largest absolute Gasteiger partial charge is 0.451 e. The molecule has 0 unspecified atom stereocenters. The molecule has 148 valence electrons. The van der Waals surface area contributed by atoms with E-state index in [1.807, 2.05) is 0 Å². The molecule has 0 saturated carbocycles. The van der Waals surface area contributed by atoms with E-state index in [-0.39, 0.29) is 22.3 Å². The highest BCUT2D eigenvalue weighted by Crippen LogP contribution is 2.41. The number of carbonyl (C=O) groups is 1. The molecule has 0 radical (unpaired) electrons. The van der Waals surface area contributed by atoms with E-state index < -0.39 is 5.91 Å². The zero-order valence-electron chi connectivity index (χ0n) is 16.8. The van der Waals surface area contributed by atoms with Crippen LogP contribution in [0.2, 0.25) is 0 Å². The molecule has 29 heavy (non-hydrogen) atoms. The van der Waals surface area contributed by atoms with Crippen molar-refractivity contribution in [1.82, 2.24) is 0 Å². The summed E-state index contributed by atoms with van der Waals surface area (Å²) in [7, 11) is 0. The highest BCUT2D eigenvalue weighted by atomic mass is 32.1. The van der Waals surface area contributed by atoms with Gasteiger partial charge in [0.1, 0.15) is 22.2 Å². The molecule has 1 aliphatic heterocycles. The van der Waals surface area contributed by atoms with Crippen LogP contribution in [0.1, 0.15) is 54.3 Å². The van der Waals surface area contributed by atoms with Crippen LogP contribution in [-0.4, -0.2) is 11.4 Å². The van der Waals surface area contributed by atoms with E-state index in [1.54, 1.807) is 24.3 Å². The maximum atomic E-state index is 12.8. The van der Waals surface area contributed by atoms with Crippen LogP contribution < -0.4 is 16.1 Å². The van der Waals surface area contributed by atoms with Crippen LogP contribution in [0.15, 0.2) is 39.5 Å².